The first kappa shape index (κ1) is 15.4. The topological polar surface area (TPSA) is 46.5 Å². The van der Waals surface area contributed by atoms with Gasteiger partial charge in [-0.05, 0) is 49.4 Å². The van der Waals surface area contributed by atoms with Crippen molar-refractivity contribution >= 4 is 5.78 Å². The van der Waals surface area contributed by atoms with E-state index in [-0.39, 0.29) is 22.7 Å². The Labute approximate surface area is 138 Å². The number of ketones is 1. The number of carbonyl (C=O) groups excluding carboxylic acids is 1. The fraction of sp³-hybridized carbons (Fsp3) is 0.750. The van der Waals surface area contributed by atoms with Crippen LogP contribution in [-0.4, -0.2) is 22.6 Å². The van der Waals surface area contributed by atoms with E-state index >= 15 is 0 Å². The van der Waals surface area contributed by atoms with Gasteiger partial charge in [-0.25, -0.2) is 0 Å². The number of fused-ring (bicyclic) bond motifs is 4. The van der Waals surface area contributed by atoms with E-state index < -0.39 is 6.10 Å². The Morgan fingerprint density at radius 1 is 1.17 bits per heavy atom. The van der Waals surface area contributed by atoms with Crippen molar-refractivity contribution in [1.29, 1.82) is 0 Å². The van der Waals surface area contributed by atoms with E-state index in [0.717, 1.165) is 6.42 Å². The zero-order valence-corrected chi connectivity index (χ0v) is 14.7. The highest BCUT2D eigenvalue weighted by Gasteiger charge is 2.60. The summed E-state index contributed by atoms with van der Waals surface area (Å²) in [5.41, 5.74) is 0.993. The molecule has 1 N–H and O–H groups in total. The van der Waals surface area contributed by atoms with Crippen molar-refractivity contribution in [3.05, 3.63) is 23.5 Å². The number of aliphatic hydroxyl groups is 1. The highest BCUT2D eigenvalue weighted by Crippen LogP contribution is 2.64. The van der Waals surface area contributed by atoms with E-state index in [1.54, 1.807) is 0 Å². The van der Waals surface area contributed by atoms with E-state index in [9.17, 15) is 9.90 Å². The summed E-state index contributed by atoms with van der Waals surface area (Å²) in [4.78, 5) is 11.9. The van der Waals surface area contributed by atoms with Crippen LogP contribution in [0.25, 0.3) is 0 Å². The van der Waals surface area contributed by atoms with Crippen LogP contribution in [-0.2, 0) is 9.53 Å². The van der Waals surface area contributed by atoms with E-state index in [4.69, 9.17) is 4.74 Å². The van der Waals surface area contributed by atoms with Gasteiger partial charge in [0.05, 0.1) is 0 Å². The molecule has 126 valence electrons. The quantitative estimate of drug-likeness (QED) is 0.740. The molecule has 1 heterocycles. The van der Waals surface area contributed by atoms with Crippen LogP contribution in [0.15, 0.2) is 23.5 Å². The van der Waals surface area contributed by atoms with Crippen LogP contribution in [0.4, 0.5) is 0 Å². The van der Waals surface area contributed by atoms with E-state index in [1.807, 2.05) is 0 Å². The summed E-state index contributed by atoms with van der Waals surface area (Å²) in [6.07, 6.45) is 8.61. The number of aliphatic hydroxyl groups excluding tert-OH is 1. The third kappa shape index (κ3) is 1.95. The predicted octanol–water partition coefficient (Wildman–Crippen LogP) is 3.77. The Bertz CT molecular complexity index is 629. The SMILES string of the molecule is CC1(C)CCC[C@@]2(C)C1CC[C@]1(C)OC3=CC(=O)[C@H](O)C3=CC21. The van der Waals surface area contributed by atoms with Crippen LogP contribution in [0.2, 0.25) is 0 Å². The molecule has 0 aromatic rings. The number of rotatable bonds is 0. The van der Waals surface area contributed by atoms with Crippen molar-refractivity contribution in [2.24, 2.45) is 22.7 Å². The second kappa shape index (κ2) is 4.50. The van der Waals surface area contributed by atoms with Gasteiger partial charge in [-0.3, -0.25) is 4.79 Å². The van der Waals surface area contributed by atoms with Gasteiger partial charge in [0.25, 0.3) is 0 Å². The molecule has 0 aromatic carbocycles. The van der Waals surface area contributed by atoms with Crippen LogP contribution in [0.1, 0.15) is 59.8 Å². The highest BCUT2D eigenvalue weighted by molar-refractivity contribution is 6.01. The molecule has 4 rings (SSSR count). The van der Waals surface area contributed by atoms with Crippen molar-refractivity contribution in [3.63, 3.8) is 0 Å². The number of ether oxygens (including phenoxy) is 1. The molecule has 0 radical (unpaired) electrons. The van der Waals surface area contributed by atoms with Gasteiger partial charge in [-0.1, -0.05) is 33.3 Å². The smallest absolute Gasteiger partial charge is 0.192 e. The number of hydrogen-bond acceptors (Lipinski definition) is 3. The number of carbonyl (C=O) groups is 1. The molecule has 3 heteroatoms. The van der Waals surface area contributed by atoms with Crippen LogP contribution >= 0.6 is 0 Å². The molecule has 3 nitrogen and oxygen atoms in total. The monoisotopic (exact) mass is 316 g/mol. The minimum Gasteiger partial charge on any atom is -0.486 e. The summed E-state index contributed by atoms with van der Waals surface area (Å²) in [6.45, 7) is 9.44. The molecule has 0 spiro atoms. The lowest BCUT2D eigenvalue weighted by atomic mass is 9.45. The Hall–Kier alpha value is -1.09. The molecule has 2 unspecified atom stereocenters. The molecule has 1 aliphatic heterocycles. The van der Waals surface area contributed by atoms with E-state index in [0.29, 0.717) is 22.7 Å². The minimum absolute atomic E-state index is 0.179. The summed E-state index contributed by atoms with van der Waals surface area (Å²) < 4.78 is 6.34. The second-order valence-corrected chi connectivity index (χ2v) is 9.27. The van der Waals surface area contributed by atoms with Gasteiger partial charge >= 0.3 is 0 Å². The van der Waals surface area contributed by atoms with Gasteiger partial charge in [0.2, 0.25) is 0 Å². The Balaban J connectivity index is 1.81. The van der Waals surface area contributed by atoms with Crippen molar-refractivity contribution in [1.82, 2.24) is 0 Å². The Morgan fingerprint density at radius 3 is 2.65 bits per heavy atom. The number of hydrogen-bond donors (Lipinski definition) is 1. The largest absolute Gasteiger partial charge is 0.486 e. The van der Waals surface area contributed by atoms with Gasteiger partial charge in [-0.15, -0.1) is 0 Å². The fourth-order valence-corrected chi connectivity index (χ4v) is 6.30. The Kier molecular flexibility index (Phi) is 3.02. The molecule has 4 aliphatic rings. The fourth-order valence-electron chi connectivity index (χ4n) is 6.30. The first-order chi connectivity index (χ1) is 10.7. The van der Waals surface area contributed by atoms with Crippen molar-refractivity contribution in [2.45, 2.75) is 71.5 Å². The first-order valence-electron chi connectivity index (χ1n) is 9.02. The summed E-state index contributed by atoms with van der Waals surface area (Å²) in [6, 6.07) is 0. The van der Waals surface area contributed by atoms with Crippen LogP contribution in [0.5, 0.6) is 0 Å². The van der Waals surface area contributed by atoms with Gasteiger partial charge in [0.1, 0.15) is 17.5 Å². The standard InChI is InChI=1S/C20H28O3/c1-18(2)7-5-8-19(3)15(18)6-9-20(4)16(19)10-12-14(23-20)11-13(21)17(12)22/h10-11,15-17,22H,5-9H2,1-4H3/t15?,16?,17-,19+,20+/m1/s1. The van der Waals surface area contributed by atoms with Gasteiger partial charge in [0, 0.05) is 17.6 Å². The molecular formula is C20H28O3. The zero-order chi connectivity index (χ0) is 16.6. The maximum absolute atomic E-state index is 11.9. The Morgan fingerprint density at radius 2 is 1.91 bits per heavy atom. The van der Waals surface area contributed by atoms with Gasteiger partial charge < -0.3 is 9.84 Å². The molecule has 5 atom stereocenters. The summed E-state index contributed by atoms with van der Waals surface area (Å²) >= 11 is 0. The lowest BCUT2D eigenvalue weighted by Gasteiger charge is -2.62. The highest BCUT2D eigenvalue weighted by atomic mass is 16.5. The average Bonchev–Trinajstić information content (AvgIpc) is 2.70. The summed E-state index contributed by atoms with van der Waals surface area (Å²) in [5.74, 6) is 1.31. The first-order valence-corrected chi connectivity index (χ1v) is 9.02. The maximum atomic E-state index is 11.9. The third-order valence-electron chi connectivity index (χ3n) is 7.39. The molecule has 2 saturated carbocycles. The lowest BCUT2D eigenvalue weighted by molar-refractivity contribution is -0.163. The zero-order valence-electron chi connectivity index (χ0n) is 14.7. The normalized spacial score (nSPS) is 47.7. The molecule has 3 aliphatic carbocycles. The van der Waals surface area contributed by atoms with Gasteiger partial charge in [0.15, 0.2) is 5.78 Å². The second-order valence-electron chi connectivity index (χ2n) is 9.27. The van der Waals surface area contributed by atoms with E-state index in [2.05, 4.69) is 33.8 Å². The van der Waals surface area contributed by atoms with Crippen LogP contribution < -0.4 is 0 Å². The molecule has 0 aromatic heterocycles. The van der Waals surface area contributed by atoms with Crippen molar-refractivity contribution in [2.75, 3.05) is 0 Å². The van der Waals surface area contributed by atoms with Crippen LogP contribution in [0.3, 0.4) is 0 Å². The van der Waals surface area contributed by atoms with Crippen molar-refractivity contribution < 1.29 is 14.6 Å². The minimum atomic E-state index is -1.02. The molecule has 2 fully saturated rings. The van der Waals surface area contributed by atoms with Crippen molar-refractivity contribution in [3.8, 4) is 0 Å². The molecule has 0 bridgehead atoms. The maximum Gasteiger partial charge on any atom is 0.192 e. The predicted molar refractivity (Wildman–Crippen MR) is 88.6 cm³/mol. The summed E-state index contributed by atoms with van der Waals surface area (Å²) in [7, 11) is 0. The molecular weight excluding hydrogens is 288 g/mol. The van der Waals surface area contributed by atoms with Crippen LogP contribution in [0, 0.1) is 22.7 Å². The lowest BCUT2D eigenvalue weighted by Crippen LogP contribution is -2.58. The van der Waals surface area contributed by atoms with E-state index in [1.165, 1.54) is 31.8 Å². The molecule has 23 heavy (non-hydrogen) atoms. The average molecular weight is 316 g/mol. The molecule has 0 amide bonds. The third-order valence-corrected chi connectivity index (χ3v) is 7.39. The molecule has 0 saturated heterocycles. The van der Waals surface area contributed by atoms with Gasteiger partial charge in [-0.2, -0.15) is 0 Å². The summed E-state index contributed by atoms with van der Waals surface area (Å²) in [5, 5.41) is 10.2.